The maximum absolute atomic E-state index is 13.3. The number of amides is 1. The Bertz CT molecular complexity index is 1340. The van der Waals surface area contributed by atoms with Crippen molar-refractivity contribution >= 4 is 22.7 Å². The smallest absolute Gasteiger partial charge is 0.236 e. The van der Waals surface area contributed by atoms with Gasteiger partial charge < -0.3 is 14.8 Å². The molecule has 1 saturated heterocycles. The van der Waals surface area contributed by atoms with E-state index in [0.717, 1.165) is 66.1 Å². The molecule has 0 spiro atoms. The minimum atomic E-state index is -1.15. The Labute approximate surface area is 219 Å². The Hall–Kier alpha value is -3.23. The summed E-state index contributed by atoms with van der Waals surface area (Å²) in [5.41, 5.74) is 2.05. The Kier molecular flexibility index (Phi) is 6.46. The first-order valence-corrected chi connectivity index (χ1v) is 14.2. The van der Waals surface area contributed by atoms with Crippen molar-refractivity contribution in [1.82, 2.24) is 9.29 Å². The number of fused-ring (bicyclic) bond motifs is 1. The van der Waals surface area contributed by atoms with Gasteiger partial charge in [-0.2, -0.15) is 0 Å². The highest BCUT2D eigenvalue weighted by atomic mass is 32.2. The molecule has 2 aliphatic heterocycles. The van der Waals surface area contributed by atoms with Gasteiger partial charge in [-0.25, -0.2) is 13.5 Å². The SMILES string of the molecule is CC[C@H]1CCCN1S(=O)c1ccc(-c2cccc(NC(=O)C3(c4ccc5c(c4)OCCO5)CC3)n2)cc1. The first-order chi connectivity index (χ1) is 18.1. The Morgan fingerprint density at radius 3 is 2.62 bits per heavy atom. The minimum Gasteiger partial charge on any atom is -0.486 e. The van der Waals surface area contributed by atoms with Crippen LogP contribution < -0.4 is 14.8 Å². The van der Waals surface area contributed by atoms with E-state index in [9.17, 15) is 9.00 Å². The summed E-state index contributed by atoms with van der Waals surface area (Å²) in [6, 6.07) is 19.5. The van der Waals surface area contributed by atoms with E-state index in [1.165, 1.54) is 0 Å². The molecule has 1 aromatic heterocycles. The molecule has 2 aromatic carbocycles. The Balaban J connectivity index is 1.17. The van der Waals surface area contributed by atoms with Gasteiger partial charge in [0.15, 0.2) is 11.5 Å². The zero-order valence-corrected chi connectivity index (χ0v) is 21.8. The molecule has 1 aliphatic carbocycles. The number of hydrogen-bond acceptors (Lipinski definition) is 5. The van der Waals surface area contributed by atoms with Crippen molar-refractivity contribution in [3.63, 3.8) is 0 Å². The van der Waals surface area contributed by atoms with Gasteiger partial charge in [-0.15, -0.1) is 0 Å². The van der Waals surface area contributed by atoms with Crippen molar-refractivity contribution in [2.24, 2.45) is 0 Å². The van der Waals surface area contributed by atoms with Gasteiger partial charge in [0, 0.05) is 18.2 Å². The lowest BCUT2D eigenvalue weighted by Gasteiger charge is -2.22. The second-order valence-electron chi connectivity index (χ2n) is 9.92. The average Bonchev–Trinajstić information content (AvgIpc) is 3.63. The van der Waals surface area contributed by atoms with Crippen molar-refractivity contribution in [3.05, 3.63) is 66.2 Å². The fraction of sp³-hybridized carbons (Fsp3) is 0.379. The first kappa shape index (κ1) is 24.1. The number of anilines is 1. The van der Waals surface area contributed by atoms with Crippen molar-refractivity contribution in [2.45, 2.75) is 55.4 Å². The molecule has 7 nitrogen and oxygen atoms in total. The van der Waals surface area contributed by atoms with E-state index >= 15 is 0 Å². The number of carbonyl (C=O) groups excluding carboxylic acids is 1. The van der Waals surface area contributed by atoms with Gasteiger partial charge in [-0.05, 0) is 74.1 Å². The van der Waals surface area contributed by atoms with Gasteiger partial charge in [0.2, 0.25) is 5.91 Å². The van der Waals surface area contributed by atoms with Crippen LogP contribution in [0.1, 0.15) is 44.6 Å². The van der Waals surface area contributed by atoms with Crippen LogP contribution in [0.15, 0.2) is 65.6 Å². The van der Waals surface area contributed by atoms with E-state index in [2.05, 4.69) is 16.5 Å². The number of hydrogen-bond donors (Lipinski definition) is 1. The third-order valence-corrected chi connectivity index (χ3v) is 9.21. The molecular formula is C29H31N3O4S. The highest BCUT2D eigenvalue weighted by Gasteiger charge is 2.51. The quantitative estimate of drug-likeness (QED) is 0.472. The zero-order chi connectivity index (χ0) is 25.4. The van der Waals surface area contributed by atoms with E-state index in [4.69, 9.17) is 14.5 Å². The molecule has 3 aliphatic rings. The van der Waals surface area contributed by atoms with Crippen LogP contribution in [0.4, 0.5) is 5.82 Å². The summed E-state index contributed by atoms with van der Waals surface area (Å²) in [6.45, 7) is 4.09. The van der Waals surface area contributed by atoms with Crippen molar-refractivity contribution in [2.75, 3.05) is 25.1 Å². The van der Waals surface area contributed by atoms with Crippen LogP contribution in [-0.4, -0.2) is 45.2 Å². The molecule has 3 heterocycles. The lowest BCUT2D eigenvalue weighted by atomic mass is 9.94. The topological polar surface area (TPSA) is 80.8 Å². The average molecular weight is 518 g/mol. The van der Waals surface area contributed by atoms with Gasteiger partial charge in [0.1, 0.15) is 30.0 Å². The van der Waals surface area contributed by atoms with E-state index in [1.807, 2.05) is 60.7 Å². The molecule has 192 valence electrons. The maximum Gasteiger partial charge on any atom is 0.236 e. The number of pyridine rings is 1. The summed E-state index contributed by atoms with van der Waals surface area (Å²) in [5.74, 6) is 1.88. The molecule has 6 rings (SSSR count). The predicted octanol–water partition coefficient (Wildman–Crippen LogP) is 5.09. The number of benzene rings is 2. The van der Waals surface area contributed by atoms with Gasteiger partial charge in [-0.1, -0.05) is 31.2 Å². The fourth-order valence-corrected chi connectivity index (χ4v) is 6.79. The van der Waals surface area contributed by atoms with Crippen LogP contribution in [-0.2, 0) is 21.2 Å². The third kappa shape index (κ3) is 4.64. The second-order valence-corrected chi connectivity index (χ2v) is 11.4. The van der Waals surface area contributed by atoms with Gasteiger partial charge in [0.05, 0.1) is 16.0 Å². The number of carbonyl (C=O) groups is 1. The first-order valence-electron chi connectivity index (χ1n) is 13.0. The Morgan fingerprint density at radius 2 is 1.86 bits per heavy atom. The zero-order valence-electron chi connectivity index (χ0n) is 20.9. The molecule has 1 amide bonds. The Morgan fingerprint density at radius 1 is 1.08 bits per heavy atom. The molecule has 8 heteroatoms. The highest BCUT2D eigenvalue weighted by molar-refractivity contribution is 7.82. The standard InChI is InChI=1S/C29H31N3O4S/c1-2-22-5-4-16-32(22)37(34)23-11-8-20(9-12-23)24-6-3-7-27(30-24)31-28(33)29(14-15-29)21-10-13-25-26(19-21)36-18-17-35-25/h3,6-13,19,22H,2,4-5,14-18H2,1H3,(H,30,31,33)/t22-,37?/m0/s1. The molecule has 2 atom stereocenters. The molecule has 1 N–H and O–H groups in total. The van der Waals surface area contributed by atoms with Gasteiger partial charge in [-0.3, -0.25) is 4.79 Å². The summed E-state index contributed by atoms with van der Waals surface area (Å²) in [4.78, 5) is 18.9. The molecule has 0 bridgehead atoms. The van der Waals surface area contributed by atoms with Crippen molar-refractivity contribution in [3.8, 4) is 22.8 Å². The second kappa shape index (κ2) is 9.91. The number of ether oxygens (including phenoxy) is 2. The number of nitrogens with one attached hydrogen (secondary N) is 1. The minimum absolute atomic E-state index is 0.0596. The summed E-state index contributed by atoms with van der Waals surface area (Å²) in [6.07, 6.45) is 4.79. The van der Waals surface area contributed by atoms with Crippen LogP contribution in [0, 0.1) is 0 Å². The van der Waals surface area contributed by atoms with E-state index in [-0.39, 0.29) is 5.91 Å². The van der Waals surface area contributed by atoms with E-state index in [1.54, 1.807) is 0 Å². The lowest BCUT2D eigenvalue weighted by Crippen LogP contribution is -2.30. The molecule has 37 heavy (non-hydrogen) atoms. The van der Waals surface area contributed by atoms with Crippen LogP contribution in [0.25, 0.3) is 11.3 Å². The molecule has 0 radical (unpaired) electrons. The molecule has 1 unspecified atom stereocenters. The predicted molar refractivity (Wildman–Crippen MR) is 143 cm³/mol. The van der Waals surface area contributed by atoms with Gasteiger partial charge >= 0.3 is 0 Å². The third-order valence-electron chi connectivity index (χ3n) is 7.63. The highest BCUT2D eigenvalue weighted by Crippen LogP contribution is 2.50. The molecule has 3 aromatic rings. The number of rotatable bonds is 7. The lowest BCUT2D eigenvalue weighted by molar-refractivity contribution is -0.118. The van der Waals surface area contributed by atoms with Gasteiger partial charge in [0.25, 0.3) is 0 Å². The molecular weight excluding hydrogens is 486 g/mol. The summed E-state index contributed by atoms with van der Waals surface area (Å²) in [7, 11) is -1.15. The summed E-state index contributed by atoms with van der Waals surface area (Å²) in [5, 5.41) is 3.03. The molecule has 1 saturated carbocycles. The number of nitrogens with zero attached hydrogens (tertiary/aromatic N) is 2. The van der Waals surface area contributed by atoms with Crippen LogP contribution in [0.2, 0.25) is 0 Å². The van der Waals surface area contributed by atoms with E-state index in [0.29, 0.717) is 30.8 Å². The van der Waals surface area contributed by atoms with Crippen LogP contribution in [0.5, 0.6) is 11.5 Å². The van der Waals surface area contributed by atoms with E-state index < -0.39 is 16.4 Å². The number of aromatic nitrogens is 1. The van der Waals surface area contributed by atoms with Crippen molar-refractivity contribution in [1.29, 1.82) is 0 Å². The summed E-state index contributed by atoms with van der Waals surface area (Å²) < 4.78 is 26.6. The van der Waals surface area contributed by atoms with Crippen LogP contribution in [0.3, 0.4) is 0 Å². The largest absolute Gasteiger partial charge is 0.486 e. The maximum atomic E-state index is 13.3. The fourth-order valence-electron chi connectivity index (χ4n) is 5.33. The normalized spacial score (nSPS) is 20.8. The molecule has 2 fully saturated rings. The van der Waals surface area contributed by atoms with Crippen LogP contribution >= 0.6 is 0 Å². The summed E-state index contributed by atoms with van der Waals surface area (Å²) >= 11 is 0. The monoisotopic (exact) mass is 517 g/mol. The van der Waals surface area contributed by atoms with Crippen molar-refractivity contribution < 1.29 is 18.5 Å².